The summed E-state index contributed by atoms with van der Waals surface area (Å²) < 4.78 is 2.39. The number of aryl methyl sites for hydroxylation is 2. The van der Waals surface area contributed by atoms with Crippen LogP contribution in [-0.4, -0.2) is 15.5 Å². The van der Waals surface area contributed by atoms with E-state index in [2.05, 4.69) is 33.9 Å². The Balaban J connectivity index is 1.39. The van der Waals surface area contributed by atoms with Crippen molar-refractivity contribution >= 4 is 33.5 Å². The number of nitrogens with two attached hydrogens (primary N) is 1. The van der Waals surface area contributed by atoms with Gasteiger partial charge in [0.05, 0.1) is 5.52 Å². The third-order valence-electron chi connectivity index (χ3n) is 6.19. The molecule has 152 valence electrons. The zero-order valence-electron chi connectivity index (χ0n) is 17.2. The Morgan fingerprint density at radius 3 is 2.80 bits per heavy atom. The number of carbonyl (C=O) groups is 1. The first-order valence-corrected chi connectivity index (χ1v) is 10.7. The summed E-state index contributed by atoms with van der Waals surface area (Å²) in [6.45, 7) is 3.57. The molecule has 2 aromatic heterocycles. The largest absolute Gasteiger partial charge is 0.384 e. The van der Waals surface area contributed by atoms with Crippen LogP contribution in [-0.2, 0) is 25.9 Å². The number of nitrogens with zero attached hydrogens (tertiary/aromatic N) is 2. The van der Waals surface area contributed by atoms with Gasteiger partial charge >= 0.3 is 0 Å². The van der Waals surface area contributed by atoms with E-state index in [9.17, 15) is 4.79 Å². The Kier molecular flexibility index (Phi) is 4.66. The quantitative estimate of drug-likeness (QED) is 0.528. The average Bonchev–Trinajstić information content (AvgIpc) is 3.10. The van der Waals surface area contributed by atoms with Crippen molar-refractivity contribution in [1.82, 2.24) is 14.9 Å². The van der Waals surface area contributed by atoms with Gasteiger partial charge in [0.2, 0.25) is 0 Å². The number of hydrogen-bond acceptors (Lipinski definition) is 3. The average molecular weight is 399 g/mol. The fourth-order valence-electron chi connectivity index (χ4n) is 4.71. The summed E-state index contributed by atoms with van der Waals surface area (Å²) in [5.74, 6) is 0.443. The Morgan fingerprint density at radius 2 is 1.93 bits per heavy atom. The summed E-state index contributed by atoms with van der Waals surface area (Å²) in [7, 11) is 0. The Bertz CT molecular complexity index is 1270. The van der Waals surface area contributed by atoms with E-state index in [-0.39, 0.29) is 5.91 Å². The molecule has 0 fully saturated rings. The third-order valence-corrected chi connectivity index (χ3v) is 6.19. The van der Waals surface area contributed by atoms with E-state index in [1.165, 1.54) is 35.0 Å². The van der Waals surface area contributed by atoms with Crippen molar-refractivity contribution in [2.75, 3.05) is 5.73 Å². The van der Waals surface area contributed by atoms with E-state index < -0.39 is 0 Å². The van der Waals surface area contributed by atoms with Gasteiger partial charge in [0.15, 0.2) is 0 Å². The van der Waals surface area contributed by atoms with Crippen LogP contribution in [0, 0.1) is 0 Å². The number of aromatic nitrogens is 2. The lowest BCUT2D eigenvalue weighted by atomic mass is 9.95. The van der Waals surface area contributed by atoms with E-state index in [1.54, 1.807) is 6.07 Å². The van der Waals surface area contributed by atoms with E-state index in [0.717, 1.165) is 35.9 Å². The number of nitrogen functional groups attached to an aromatic ring is 1. The molecule has 0 aliphatic heterocycles. The minimum atomic E-state index is -0.0562. The van der Waals surface area contributed by atoms with Gasteiger partial charge in [-0.15, -0.1) is 0 Å². The molecule has 30 heavy (non-hydrogen) atoms. The van der Waals surface area contributed by atoms with Gasteiger partial charge in [0.1, 0.15) is 5.82 Å². The molecule has 0 spiro atoms. The topological polar surface area (TPSA) is 72.9 Å². The molecule has 5 heteroatoms. The van der Waals surface area contributed by atoms with E-state index in [4.69, 9.17) is 5.73 Å². The van der Waals surface area contributed by atoms with Crippen LogP contribution < -0.4 is 11.1 Å². The van der Waals surface area contributed by atoms with Gasteiger partial charge in [0, 0.05) is 40.6 Å². The molecular formula is C25H26N4O. The van der Waals surface area contributed by atoms with E-state index in [1.807, 2.05) is 30.3 Å². The van der Waals surface area contributed by atoms with Crippen LogP contribution in [0.1, 0.15) is 46.9 Å². The van der Waals surface area contributed by atoms with Crippen molar-refractivity contribution in [2.24, 2.45) is 0 Å². The van der Waals surface area contributed by atoms with Gasteiger partial charge < -0.3 is 15.6 Å². The molecule has 5 nitrogen and oxygen atoms in total. The van der Waals surface area contributed by atoms with Gasteiger partial charge in [-0.25, -0.2) is 4.98 Å². The second-order valence-electron chi connectivity index (χ2n) is 8.05. The summed E-state index contributed by atoms with van der Waals surface area (Å²) in [6.07, 6.45) is 4.79. The number of nitrogens with one attached hydrogen (secondary N) is 1. The molecule has 0 unspecified atom stereocenters. The minimum absolute atomic E-state index is 0.0562. The van der Waals surface area contributed by atoms with Crippen LogP contribution in [0.3, 0.4) is 0 Å². The summed E-state index contributed by atoms with van der Waals surface area (Å²) in [6, 6.07) is 15.9. The maximum absolute atomic E-state index is 12.9. The zero-order chi connectivity index (χ0) is 20.7. The molecule has 1 aliphatic rings. The Labute approximate surface area is 175 Å². The highest BCUT2D eigenvalue weighted by atomic mass is 16.1. The Morgan fingerprint density at radius 1 is 1.10 bits per heavy atom. The molecule has 5 rings (SSSR count). The number of carbonyl (C=O) groups excluding carboxylic acids is 1. The first kappa shape index (κ1) is 18.7. The lowest BCUT2D eigenvalue weighted by Gasteiger charge is -2.14. The lowest BCUT2D eigenvalue weighted by Crippen LogP contribution is -2.22. The molecule has 0 saturated heterocycles. The minimum Gasteiger partial charge on any atom is -0.384 e. The second-order valence-corrected chi connectivity index (χ2v) is 8.05. The van der Waals surface area contributed by atoms with Crippen molar-refractivity contribution in [3.63, 3.8) is 0 Å². The Hall–Kier alpha value is -3.34. The van der Waals surface area contributed by atoms with E-state index in [0.29, 0.717) is 17.9 Å². The number of hydrogen-bond donors (Lipinski definition) is 2. The molecule has 0 atom stereocenters. The normalized spacial score (nSPS) is 13.5. The summed E-state index contributed by atoms with van der Waals surface area (Å²) >= 11 is 0. The van der Waals surface area contributed by atoms with Crippen LogP contribution >= 0.6 is 0 Å². The zero-order valence-corrected chi connectivity index (χ0v) is 17.2. The molecule has 0 saturated carbocycles. The van der Waals surface area contributed by atoms with Crippen LogP contribution in [0.2, 0.25) is 0 Å². The van der Waals surface area contributed by atoms with Crippen molar-refractivity contribution in [2.45, 2.75) is 45.7 Å². The van der Waals surface area contributed by atoms with Crippen molar-refractivity contribution in [3.8, 4) is 0 Å². The maximum atomic E-state index is 12.9. The highest BCUT2D eigenvalue weighted by Gasteiger charge is 2.20. The van der Waals surface area contributed by atoms with Crippen LogP contribution in [0.5, 0.6) is 0 Å². The molecule has 0 bridgehead atoms. The summed E-state index contributed by atoms with van der Waals surface area (Å²) in [5.41, 5.74) is 12.5. The number of fused-ring (bicyclic) bond motifs is 4. The predicted molar refractivity (Wildman–Crippen MR) is 122 cm³/mol. The van der Waals surface area contributed by atoms with Gasteiger partial charge in [-0.05, 0) is 74.1 Å². The molecule has 4 aromatic rings. The van der Waals surface area contributed by atoms with Gasteiger partial charge in [-0.2, -0.15) is 0 Å². The van der Waals surface area contributed by atoms with Crippen molar-refractivity contribution < 1.29 is 4.79 Å². The molecular weight excluding hydrogens is 372 g/mol. The second kappa shape index (κ2) is 7.48. The monoisotopic (exact) mass is 398 g/mol. The number of benzene rings is 2. The smallest absolute Gasteiger partial charge is 0.251 e. The van der Waals surface area contributed by atoms with Crippen LogP contribution in [0.4, 0.5) is 5.82 Å². The maximum Gasteiger partial charge on any atom is 0.251 e. The third kappa shape index (κ3) is 3.20. The molecule has 2 aromatic carbocycles. The predicted octanol–water partition coefficient (Wildman–Crippen LogP) is 4.60. The van der Waals surface area contributed by atoms with Crippen molar-refractivity contribution in [3.05, 3.63) is 70.9 Å². The molecule has 1 amide bonds. The van der Waals surface area contributed by atoms with Gasteiger partial charge in [-0.3, -0.25) is 4.79 Å². The van der Waals surface area contributed by atoms with Crippen LogP contribution in [0.25, 0.3) is 21.8 Å². The molecule has 1 aliphatic carbocycles. The fraction of sp³-hybridized carbons (Fsp3) is 0.280. The number of anilines is 1. The van der Waals surface area contributed by atoms with Gasteiger partial charge in [0.25, 0.3) is 5.91 Å². The molecule has 2 heterocycles. The summed E-state index contributed by atoms with van der Waals surface area (Å²) in [4.78, 5) is 17.2. The first-order valence-electron chi connectivity index (χ1n) is 10.7. The lowest BCUT2D eigenvalue weighted by molar-refractivity contribution is 0.0951. The first-order chi connectivity index (χ1) is 14.6. The number of rotatable bonds is 4. The fourth-order valence-corrected chi connectivity index (χ4v) is 4.71. The SMILES string of the molecule is CCn1c2c(c3ccc(C(=O)NCc4ccc5ccc(N)nc5c4)cc31)CCCC2. The van der Waals surface area contributed by atoms with Gasteiger partial charge in [-0.1, -0.05) is 18.2 Å². The number of pyridine rings is 1. The standard InChI is InChI=1S/C25H26N4O/c1-2-29-22-6-4-3-5-19(22)20-11-9-18(14-23(20)29)25(30)27-15-16-7-8-17-10-12-24(26)28-21(17)13-16/h7-14H,2-6,15H2,1H3,(H2,26,28)(H,27,30). The summed E-state index contributed by atoms with van der Waals surface area (Å²) in [5, 5.41) is 5.39. The number of amides is 1. The highest BCUT2D eigenvalue weighted by Crippen LogP contribution is 2.32. The molecule has 3 N–H and O–H groups in total. The highest BCUT2D eigenvalue weighted by molar-refractivity contribution is 5.99. The van der Waals surface area contributed by atoms with Crippen molar-refractivity contribution in [1.29, 1.82) is 0 Å². The van der Waals surface area contributed by atoms with E-state index >= 15 is 0 Å². The molecule has 0 radical (unpaired) electrons. The van der Waals surface area contributed by atoms with Crippen LogP contribution in [0.15, 0.2) is 48.5 Å².